The van der Waals surface area contributed by atoms with Crippen molar-refractivity contribution in [1.29, 1.82) is 0 Å². The van der Waals surface area contributed by atoms with Gasteiger partial charge in [0.1, 0.15) is 11.6 Å². The molecule has 0 bridgehead atoms. The molecule has 1 N–H and O–H groups in total. The van der Waals surface area contributed by atoms with E-state index in [4.69, 9.17) is 4.98 Å². The van der Waals surface area contributed by atoms with E-state index in [1.54, 1.807) is 0 Å². The van der Waals surface area contributed by atoms with Crippen LogP contribution >= 0.6 is 11.8 Å². The molecular formula is C13H21N3S. The summed E-state index contributed by atoms with van der Waals surface area (Å²) >= 11 is 2.01. The zero-order valence-corrected chi connectivity index (χ0v) is 11.5. The van der Waals surface area contributed by atoms with Crippen LogP contribution < -0.4 is 5.32 Å². The molecule has 2 heterocycles. The number of rotatable bonds is 4. The van der Waals surface area contributed by atoms with Gasteiger partial charge in [0.25, 0.3) is 0 Å². The minimum Gasteiger partial charge on any atom is -0.373 e. The van der Waals surface area contributed by atoms with Gasteiger partial charge in [-0.15, -0.1) is 0 Å². The van der Waals surface area contributed by atoms with E-state index in [1.807, 2.05) is 18.8 Å². The first-order valence-electron chi connectivity index (χ1n) is 6.50. The van der Waals surface area contributed by atoms with Gasteiger partial charge in [0.05, 0.1) is 5.25 Å². The molecule has 0 radical (unpaired) electrons. The van der Waals surface area contributed by atoms with Crippen LogP contribution in [0, 0.1) is 0 Å². The summed E-state index contributed by atoms with van der Waals surface area (Å²) in [6, 6.07) is 2.07. The Hall–Kier alpha value is -0.770. The number of nitrogens with one attached hydrogen (secondary N) is 1. The molecule has 1 aliphatic rings. The van der Waals surface area contributed by atoms with Gasteiger partial charge in [-0.3, -0.25) is 0 Å². The van der Waals surface area contributed by atoms with Gasteiger partial charge in [-0.05, 0) is 25.0 Å². The van der Waals surface area contributed by atoms with E-state index in [1.165, 1.54) is 30.7 Å². The van der Waals surface area contributed by atoms with Crippen LogP contribution in [-0.2, 0) is 6.42 Å². The predicted molar refractivity (Wildman–Crippen MR) is 74.6 cm³/mol. The molecule has 1 aromatic heterocycles. The van der Waals surface area contributed by atoms with E-state index in [9.17, 15) is 0 Å². The summed E-state index contributed by atoms with van der Waals surface area (Å²) in [4.78, 5) is 9.34. The second-order valence-electron chi connectivity index (χ2n) is 4.46. The first-order chi connectivity index (χ1) is 8.33. The number of aryl methyl sites for hydroxylation is 1. The zero-order chi connectivity index (χ0) is 12.1. The molecule has 2 rings (SSSR count). The monoisotopic (exact) mass is 251 g/mol. The second kappa shape index (κ2) is 6.24. The second-order valence-corrected chi connectivity index (χ2v) is 5.77. The van der Waals surface area contributed by atoms with Crippen LogP contribution in [0.5, 0.6) is 0 Å². The Morgan fingerprint density at radius 2 is 2.29 bits per heavy atom. The molecule has 0 amide bonds. The lowest BCUT2D eigenvalue weighted by Gasteiger charge is -2.20. The van der Waals surface area contributed by atoms with Gasteiger partial charge in [-0.25, -0.2) is 9.97 Å². The Labute approximate surface area is 108 Å². The minimum atomic E-state index is 0.507. The average Bonchev–Trinajstić information content (AvgIpc) is 2.40. The molecule has 0 spiro atoms. The normalized spacial score (nSPS) is 20.2. The van der Waals surface area contributed by atoms with Crippen molar-refractivity contribution in [3.8, 4) is 0 Å². The van der Waals surface area contributed by atoms with E-state index >= 15 is 0 Å². The third-order valence-electron chi connectivity index (χ3n) is 3.03. The van der Waals surface area contributed by atoms with Gasteiger partial charge >= 0.3 is 0 Å². The highest BCUT2D eigenvalue weighted by atomic mass is 32.2. The van der Waals surface area contributed by atoms with Crippen LogP contribution in [0.3, 0.4) is 0 Å². The fourth-order valence-corrected chi connectivity index (χ4v) is 3.36. The van der Waals surface area contributed by atoms with Crippen LogP contribution in [0.1, 0.15) is 49.4 Å². The predicted octanol–water partition coefficient (Wildman–Crippen LogP) is 3.43. The summed E-state index contributed by atoms with van der Waals surface area (Å²) in [5.74, 6) is 3.25. The fraction of sp³-hybridized carbons (Fsp3) is 0.692. The molecule has 1 aromatic rings. The van der Waals surface area contributed by atoms with Gasteiger partial charge in [0, 0.05) is 18.8 Å². The van der Waals surface area contributed by atoms with Crippen molar-refractivity contribution < 1.29 is 0 Å². The SMILES string of the molecule is CCCc1cc(NC)nc(C2CCCCS2)n1. The number of anilines is 1. The third kappa shape index (κ3) is 3.35. The fourth-order valence-electron chi connectivity index (χ4n) is 2.12. The van der Waals surface area contributed by atoms with Gasteiger partial charge in [-0.1, -0.05) is 19.8 Å². The van der Waals surface area contributed by atoms with Crippen molar-refractivity contribution >= 4 is 17.6 Å². The lowest BCUT2D eigenvalue weighted by atomic mass is 10.1. The summed E-state index contributed by atoms with van der Waals surface area (Å²) in [7, 11) is 1.93. The van der Waals surface area contributed by atoms with Crippen LogP contribution in [0.4, 0.5) is 5.82 Å². The van der Waals surface area contributed by atoms with Gasteiger partial charge in [0.15, 0.2) is 0 Å². The average molecular weight is 251 g/mol. The van der Waals surface area contributed by atoms with Gasteiger partial charge in [-0.2, -0.15) is 11.8 Å². The zero-order valence-electron chi connectivity index (χ0n) is 10.7. The maximum absolute atomic E-state index is 4.72. The maximum Gasteiger partial charge on any atom is 0.143 e. The van der Waals surface area contributed by atoms with Crippen LogP contribution in [0.15, 0.2) is 6.07 Å². The lowest BCUT2D eigenvalue weighted by Crippen LogP contribution is -2.10. The first-order valence-corrected chi connectivity index (χ1v) is 7.55. The van der Waals surface area contributed by atoms with Gasteiger partial charge < -0.3 is 5.32 Å². The van der Waals surface area contributed by atoms with E-state index in [-0.39, 0.29) is 0 Å². The molecule has 0 aliphatic carbocycles. The molecule has 94 valence electrons. The quantitative estimate of drug-likeness (QED) is 0.889. The maximum atomic E-state index is 4.72. The molecule has 17 heavy (non-hydrogen) atoms. The molecule has 4 heteroatoms. The summed E-state index contributed by atoms with van der Waals surface area (Å²) < 4.78 is 0. The third-order valence-corrected chi connectivity index (χ3v) is 4.40. The molecule has 1 saturated heterocycles. The van der Waals surface area contributed by atoms with Crippen molar-refractivity contribution in [2.75, 3.05) is 18.1 Å². The highest BCUT2D eigenvalue weighted by Crippen LogP contribution is 2.36. The lowest BCUT2D eigenvalue weighted by molar-refractivity contribution is 0.658. The van der Waals surface area contributed by atoms with Crippen molar-refractivity contribution in [3.63, 3.8) is 0 Å². The Bertz CT molecular complexity index is 362. The number of hydrogen-bond donors (Lipinski definition) is 1. The Morgan fingerprint density at radius 1 is 1.41 bits per heavy atom. The van der Waals surface area contributed by atoms with Crippen LogP contribution in [-0.4, -0.2) is 22.8 Å². The number of nitrogens with zero attached hydrogens (tertiary/aromatic N) is 2. The van der Waals surface area contributed by atoms with Gasteiger partial charge in [0.2, 0.25) is 0 Å². The Balaban J connectivity index is 2.21. The number of thioether (sulfide) groups is 1. The van der Waals surface area contributed by atoms with E-state index < -0.39 is 0 Å². The highest BCUT2D eigenvalue weighted by Gasteiger charge is 2.19. The molecule has 1 fully saturated rings. The molecular weight excluding hydrogens is 230 g/mol. The molecule has 1 aliphatic heterocycles. The topological polar surface area (TPSA) is 37.8 Å². The van der Waals surface area contributed by atoms with Crippen molar-refractivity contribution in [1.82, 2.24) is 9.97 Å². The van der Waals surface area contributed by atoms with E-state index in [0.717, 1.165) is 24.5 Å². The smallest absolute Gasteiger partial charge is 0.143 e. The largest absolute Gasteiger partial charge is 0.373 e. The number of aromatic nitrogens is 2. The first kappa shape index (κ1) is 12.7. The Kier molecular flexibility index (Phi) is 4.66. The van der Waals surface area contributed by atoms with E-state index in [0.29, 0.717) is 5.25 Å². The molecule has 3 nitrogen and oxygen atoms in total. The molecule has 1 unspecified atom stereocenters. The molecule has 0 aromatic carbocycles. The van der Waals surface area contributed by atoms with Crippen LogP contribution in [0.25, 0.3) is 0 Å². The number of hydrogen-bond acceptors (Lipinski definition) is 4. The summed E-state index contributed by atoms with van der Waals surface area (Å²) in [6.07, 6.45) is 6.06. The molecule has 1 atom stereocenters. The summed E-state index contributed by atoms with van der Waals surface area (Å²) in [6.45, 7) is 2.19. The molecule has 0 saturated carbocycles. The Morgan fingerprint density at radius 3 is 2.94 bits per heavy atom. The van der Waals surface area contributed by atoms with E-state index in [2.05, 4.69) is 23.3 Å². The highest BCUT2D eigenvalue weighted by molar-refractivity contribution is 7.99. The summed E-state index contributed by atoms with van der Waals surface area (Å²) in [5.41, 5.74) is 1.17. The standard InChI is InChI=1S/C13H21N3S/c1-3-6-10-9-12(14-2)16-13(15-10)11-7-4-5-8-17-11/h9,11H,3-8H2,1-2H3,(H,14,15,16). The minimum absolute atomic E-state index is 0.507. The van der Waals surface area contributed by atoms with Crippen LogP contribution in [0.2, 0.25) is 0 Å². The van der Waals surface area contributed by atoms with Crippen molar-refractivity contribution in [2.24, 2.45) is 0 Å². The van der Waals surface area contributed by atoms with Crippen molar-refractivity contribution in [3.05, 3.63) is 17.6 Å². The summed E-state index contributed by atoms with van der Waals surface area (Å²) in [5, 5.41) is 3.65. The van der Waals surface area contributed by atoms with Crippen molar-refractivity contribution in [2.45, 2.75) is 44.3 Å².